The highest BCUT2D eigenvalue weighted by Crippen LogP contribution is 2.64. The molecule has 2 aliphatic heterocycles. The number of carboxylic acid groups (broad SMARTS) is 1. The van der Waals surface area contributed by atoms with Crippen molar-refractivity contribution in [2.24, 2.45) is 17.8 Å². The Balaban J connectivity index is 0.000000413. The Bertz CT molecular complexity index is 866. The number of para-hydroxylation sites is 1. The molecule has 5 bridgehead atoms. The number of benzene rings is 1. The average molecular weight is 404 g/mol. The van der Waals surface area contributed by atoms with E-state index in [0.717, 1.165) is 37.7 Å². The summed E-state index contributed by atoms with van der Waals surface area (Å²) in [6.45, 7) is -3.67. The first-order valence-electron chi connectivity index (χ1n) is 8.85. The Labute approximate surface area is 154 Å². The zero-order chi connectivity index (χ0) is 19.6. The number of halogens is 3. The van der Waals surface area contributed by atoms with Crippen LogP contribution in [0.3, 0.4) is 0 Å². The van der Waals surface area contributed by atoms with Gasteiger partial charge in [0, 0.05) is 5.56 Å². The largest absolute Gasteiger partial charge is 0.478 e. The van der Waals surface area contributed by atoms with Crippen LogP contribution < -0.4 is 4.18 Å². The van der Waals surface area contributed by atoms with E-state index in [1.165, 1.54) is 6.07 Å². The first-order chi connectivity index (χ1) is 12.6. The fourth-order valence-corrected chi connectivity index (χ4v) is 8.04. The SMILES string of the molecule is FC(F)F.O=C(O)c1cccc2c1OS(=O)(=O)C1C3CC4CC1CC2(C4)C3. The fourth-order valence-electron chi connectivity index (χ4n) is 6.16. The molecule has 2 atom stereocenters. The van der Waals surface area contributed by atoms with Crippen molar-refractivity contribution in [3.05, 3.63) is 29.3 Å². The van der Waals surface area contributed by atoms with E-state index < -0.39 is 28.0 Å². The van der Waals surface area contributed by atoms with Crippen molar-refractivity contribution >= 4 is 16.1 Å². The molecular formula is C18H19F3O5S. The van der Waals surface area contributed by atoms with E-state index in [2.05, 4.69) is 0 Å². The molecule has 4 fully saturated rings. The van der Waals surface area contributed by atoms with Crippen molar-refractivity contribution in [3.63, 3.8) is 0 Å². The first kappa shape index (κ1) is 18.6. The number of fused-ring (bicyclic) bond motifs is 1. The average Bonchev–Trinajstić information content (AvgIpc) is 2.51. The first-order valence-corrected chi connectivity index (χ1v) is 10.3. The summed E-state index contributed by atoms with van der Waals surface area (Å²) in [6.07, 6.45) is 4.68. The van der Waals surface area contributed by atoms with Crippen molar-refractivity contribution < 1.29 is 35.7 Å². The van der Waals surface area contributed by atoms with Gasteiger partial charge < -0.3 is 9.29 Å². The van der Waals surface area contributed by atoms with E-state index in [0.29, 0.717) is 5.92 Å². The summed E-state index contributed by atoms with van der Waals surface area (Å²) in [5.41, 5.74) is 0.673. The molecule has 1 aromatic rings. The maximum atomic E-state index is 12.9. The van der Waals surface area contributed by atoms with E-state index in [-0.39, 0.29) is 28.6 Å². The third-order valence-corrected chi connectivity index (χ3v) is 8.37. The number of carboxylic acids is 1. The molecule has 5 nitrogen and oxygen atoms in total. The number of aromatic carboxylic acids is 1. The summed E-state index contributed by atoms with van der Waals surface area (Å²) in [7, 11) is -3.79. The number of rotatable bonds is 1. The maximum Gasteiger partial charge on any atom is 0.379 e. The highest BCUT2D eigenvalue weighted by atomic mass is 32.2. The summed E-state index contributed by atoms with van der Waals surface area (Å²) in [5.74, 6) is -0.175. The van der Waals surface area contributed by atoms with Crippen LogP contribution in [0.4, 0.5) is 13.2 Å². The normalized spacial score (nSPS) is 36.9. The monoisotopic (exact) mass is 404 g/mol. The van der Waals surface area contributed by atoms with E-state index in [9.17, 15) is 31.5 Å². The Kier molecular flexibility index (Phi) is 4.21. The Morgan fingerprint density at radius 1 is 1.15 bits per heavy atom. The molecule has 4 saturated carbocycles. The van der Waals surface area contributed by atoms with Crippen molar-refractivity contribution in [2.45, 2.75) is 49.4 Å². The highest BCUT2D eigenvalue weighted by Gasteiger charge is 2.62. The predicted molar refractivity (Wildman–Crippen MR) is 89.1 cm³/mol. The fraction of sp³-hybridized carbons (Fsp3) is 0.611. The highest BCUT2D eigenvalue weighted by molar-refractivity contribution is 7.87. The zero-order valence-electron chi connectivity index (χ0n) is 14.3. The van der Waals surface area contributed by atoms with Crippen LogP contribution in [-0.2, 0) is 15.5 Å². The van der Waals surface area contributed by atoms with Gasteiger partial charge in [-0.1, -0.05) is 12.1 Å². The van der Waals surface area contributed by atoms with Gasteiger partial charge in [0.1, 0.15) is 10.8 Å². The molecule has 2 unspecified atom stereocenters. The van der Waals surface area contributed by atoms with Crippen molar-refractivity contribution in [3.8, 4) is 5.75 Å². The number of carbonyl (C=O) groups is 1. The van der Waals surface area contributed by atoms with Crippen LogP contribution in [-0.4, -0.2) is 31.4 Å². The quantitative estimate of drug-likeness (QED) is 0.722. The van der Waals surface area contributed by atoms with Crippen molar-refractivity contribution in [1.82, 2.24) is 0 Å². The lowest BCUT2D eigenvalue weighted by atomic mass is 9.47. The van der Waals surface area contributed by atoms with Gasteiger partial charge >= 0.3 is 22.8 Å². The maximum absolute atomic E-state index is 12.9. The van der Waals surface area contributed by atoms with Gasteiger partial charge in [0.2, 0.25) is 0 Å². The molecule has 0 aromatic heterocycles. The van der Waals surface area contributed by atoms with E-state index in [1.54, 1.807) is 6.07 Å². The molecule has 1 spiro atoms. The third-order valence-electron chi connectivity index (χ3n) is 6.54. The Hall–Kier alpha value is -1.77. The van der Waals surface area contributed by atoms with Gasteiger partial charge in [-0.3, -0.25) is 0 Å². The molecule has 0 saturated heterocycles. The minimum absolute atomic E-state index is 0.0382. The Morgan fingerprint density at radius 3 is 2.30 bits per heavy atom. The molecule has 148 valence electrons. The molecule has 2 heterocycles. The van der Waals surface area contributed by atoms with Gasteiger partial charge in [-0.2, -0.15) is 21.6 Å². The van der Waals surface area contributed by atoms with Crippen molar-refractivity contribution in [2.75, 3.05) is 0 Å². The van der Waals surface area contributed by atoms with Crippen LogP contribution in [0.5, 0.6) is 5.75 Å². The smallest absolute Gasteiger partial charge is 0.379 e. The Morgan fingerprint density at radius 2 is 1.74 bits per heavy atom. The minimum atomic E-state index is -3.79. The molecule has 4 aliphatic carbocycles. The number of hydrogen-bond acceptors (Lipinski definition) is 4. The lowest BCUT2D eigenvalue weighted by molar-refractivity contribution is -0.00708. The molecule has 1 aromatic carbocycles. The lowest BCUT2D eigenvalue weighted by Crippen LogP contribution is -2.59. The van der Waals surface area contributed by atoms with Crippen molar-refractivity contribution in [1.29, 1.82) is 0 Å². The number of hydrogen-bond donors (Lipinski definition) is 1. The van der Waals surface area contributed by atoms with Crippen LogP contribution in [0.2, 0.25) is 0 Å². The molecule has 27 heavy (non-hydrogen) atoms. The summed E-state index contributed by atoms with van der Waals surface area (Å²) in [4.78, 5) is 11.6. The van der Waals surface area contributed by atoms with Crippen LogP contribution >= 0.6 is 0 Å². The second-order valence-corrected chi connectivity index (χ2v) is 9.72. The molecule has 0 radical (unpaired) electrons. The topological polar surface area (TPSA) is 80.7 Å². The van der Waals surface area contributed by atoms with E-state index in [1.807, 2.05) is 6.07 Å². The minimum Gasteiger partial charge on any atom is -0.478 e. The standard InChI is InChI=1S/C17H18O5S.CHF3/c18-16(19)12-2-1-3-13-14(12)22-23(20,21)15-10-4-9-5-11(15)8-17(13,6-9)7-10;2-1(3)4/h1-3,9-11,15H,4-8H2,(H,18,19);1H. The van der Waals surface area contributed by atoms with Crippen LogP contribution in [0.25, 0.3) is 0 Å². The second kappa shape index (κ2) is 6.12. The molecule has 0 amide bonds. The van der Waals surface area contributed by atoms with Crippen LogP contribution in [0.15, 0.2) is 18.2 Å². The molecular weight excluding hydrogens is 385 g/mol. The summed E-state index contributed by atoms with van der Waals surface area (Å²) >= 11 is 0. The molecule has 9 heteroatoms. The molecule has 1 N–H and O–H groups in total. The number of alkyl halides is 3. The van der Waals surface area contributed by atoms with E-state index in [4.69, 9.17) is 4.18 Å². The van der Waals surface area contributed by atoms with Crippen LogP contribution in [0, 0.1) is 17.8 Å². The third kappa shape index (κ3) is 2.90. The van der Waals surface area contributed by atoms with Gasteiger partial charge in [0.15, 0.2) is 5.75 Å². The van der Waals surface area contributed by atoms with E-state index >= 15 is 0 Å². The zero-order valence-corrected chi connectivity index (χ0v) is 15.1. The van der Waals surface area contributed by atoms with Crippen LogP contribution in [0.1, 0.15) is 48.0 Å². The predicted octanol–water partition coefficient (Wildman–Crippen LogP) is 3.73. The lowest BCUT2D eigenvalue weighted by Gasteiger charge is -2.60. The van der Waals surface area contributed by atoms with Gasteiger partial charge in [0.05, 0.1) is 0 Å². The second-order valence-electron chi connectivity index (χ2n) is 8.03. The molecule has 7 rings (SSSR count). The van der Waals surface area contributed by atoms with Gasteiger partial charge in [-0.25, -0.2) is 4.79 Å². The van der Waals surface area contributed by atoms with Gasteiger partial charge in [-0.05, 0) is 61.3 Å². The summed E-state index contributed by atoms with van der Waals surface area (Å²) in [6, 6.07) is 5.03. The van der Waals surface area contributed by atoms with Gasteiger partial charge in [0.25, 0.3) is 0 Å². The van der Waals surface area contributed by atoms with Gasteiger partial charge in [-0.15, -0.1) is 0 Å². The molecule has 6 aliphatic rings. The summed E-state index contributed by atoms with van der Waals surface area (Å²) < 4.78 is 60.2. The summed E-state index contributed by atoms with van der Waals surface area (Å²) in [5, 5.41) is 9.00.